The number of piperidine rings is 1. The summed E-state index contributed by atoms with van der Waals surface area (Å²) in [5, 5.41) is 10.4. The maximum Gasteiger partial charge on any atom is 0.242 e. The number of halogens is 1. The van der Waals surface area contributed by atoms with Crippen LogP contribution in [0.4, 0.5) is 0 Å². The molecule has 2 saturated heterocycles. The van der Waals surface area contributed by atoms with E-state index in [1.807, 2.05) is 6.92 Å². The fraction of sp³-hybridized carbons (Fsp3) is 0.591. The number of aliphatic hydroxyl groups is 1. The zero-order valence-corrected chi connectivity index (χ0v) is 17.9. The number of carbonyl (C=O) groups is 3. The van der Waals surface area contributed by atoms with Gasteiger partial charge in [-0.15, -0.1) is 0 Å². The molecular formula is C22H27ClN2O5. The van der Waals surface area contributed by atoms with E-state index in [1.54, 1.807) is 28.0 Å². The number of rotatable bonds is 2. The van der Waals surface area contributed by atoms with Gasteiger partial charge in [0.2, 0.25) is 11.8 Å². The van der Waals surface area contributed by atoms with Gasteiger partial charge >= 0.3 is 0 Å². The highest BCUT2D eigenvalue weighted by molar-refractivity contribution is 6.31. The molecule has 30 heavy (non-hydrogen) atoms. The summed E-state index contributed by atoms with van der Waals surface area (Å²) in [5.41, 5.74) is -0.244. The number of amides is 2. The number of nitrogens with zero attached hydrogens (tertiary/aromatic N) is 2. The molecule has 0 aromatic heterocycles. The van der Waals surface area contributed by atoms with Crippen LogP contribution in [0.15, 0.2) is 18.2 Å². The van der Waals surface area contributed by atoms with Gasteiger partial charge in [-0.05, 0) is 37.0 Å². The second kappa shape index (κ2) is 8.19. The van der Waals surface area contributed by atoms with Crippen molar-refractivity contribution in [3.8, 4) is 5.75 Å². The molecule has 1 spiro atoms. The Morgan fingerprint density at radius 3 is 2.87 bits per heavy atom. The van der Waals surface area contributed by atoms with Crippen molar-refractivity contribution >= 4 is 29.2 Å². The first-order chi connectivity index (χ1) is 14.3. The summed E-state index contributed by atoms with van der Waals surface area (Å²) in [6, 6.07) is 5.02. The largest absolute Gasteiger partial charge is 0.486 e. The van der Waals surface area contributed by atoms with E-state index in [0.717, 1.165) is 0 Å². The van der Waals surface area contributed by atoms with Gasteiger partial charge in [-0.25, -0.2) is 0 Å². The minimum absolute atomic E-state index is 0.0257. The molecule has 1 aromatic rings. The fourth-order valence-electron chi connectivity index (χ4n) is 4.62. The van der Waals surface area contributed by atoms with Gasteiger partial charge in [-0.2, -0.15) is 0 Å². The Kier molecular flexibility index (Phi) is 5.77. The predicted octanol–water partition coefficient (Wildman–Crippen LogP) is 2.29. The van der Waals surface area contributed by atoms with E-state index in [0.29, 0.717) is 55.2 Å². The molecule has 2 fully saturated rings. The van der Waals surface area contributed by atoms with Crippen LogP contribution in [-0.2, 0) is 9.59 Å². The van der Waals surface area contributed by atoms with Gasteiger partial charge in [0, 0.05) is 37.5 Å². The lowest BCUT2D eigenvalue weighted by atomic mass is 9.84. The second-order valence-corrected chi connectivity index (χ2v) is 9.20. The van der Waals surface area contributed by atoms with Crippen LogP contribution in [0.25, 0.3) is 0 Å². The zero-order valence-electron chi connectivity index (χ0n) is 17.1. The van der Waals surface area contributed by atoms with Crippen LogP contribution >= 0.6 is 11.6 Å². The molecule has 0 radical (unpaired) electrons. The number of benzene rings is 1. The zero-order chi connectivity index (χ0) is 21.5. The lowest BCUT2D eigenvalue weighted by molar-refractivity contribution is -0.142. The Labute approximate surface area is 180 Å². The van der Waals surface area contributed by atoms with Crippen molar-refractivity contribution in [1.29, 1.82) is 0 Å². The molecule has 1 N–H and O–H groups in total. The molecule has 1 aromatic carbocycles. The summed E-state index contributed by atoms with van der Waals surface area (Å²) in [5.74, 6) is 0.313. The van der Waals surface area contributed by atoms with Crippen LogP contribution in [0.5, 0.6) is 5.75 Å². The third-order valence-electron chi connectivity index (χ3n) is 6.57. The third-order valence-corrected chi connectivity index (χ3v) is 6.81. The molecule has 0 unspecified atom stereocenters. The lowest BCUT2D eigenvalue weighted by Gasteiger charge is -2.37. The van der Waals surface area contributed by atoms with Crippen LogP contribution in [0.2, 0.25) is 5.02 Å². The molecule has 3 heterocycles. The molecule has 2 amide bonds. The highest BCUT2D eigenvalue weighted by Crippen LogP contribution is 2.40. The van der Waals surface area contributed by atoms with Gasteiger partial charge in [0.15, 0.2) is 5.78 Å². The Balaban J connectivity index is 1.43. The SMILES string of the molecule is C[C@H]1CN(C(=O)CN2CC[C@@]3(CCC2=O)CC(=O)c2cc(Cl)ccc2O3)CC[C@H]1O. The standard InChI is InChI=1S/C22H27ClN2O5/c1-14-12-24(8-5-17(14)26)21(29)13-25-9-7-22(6-4-20(25)28)11-18(27)16-10-15(23)2-3-19(16)30-22/h2-3,10,14,17,26H,4-9,11-13H2,1H3/t14-,17+,22-/m0/s1. The topological polar surface area (TPSA) is 87.2 Å². The average molecular weight is 435 g/mol. The van der Waals surface area contributed by atoms with Gasteiger partial charge in [-0.3, -0.25) is 14.4 Å². The van der Waals surface area contributed by atoms with Gasteiger partial charge in [0.25, 0.3) is 0 Å². The summed E-state index contributed by atoms with van der Waals surface area (Å²) in [6.07, 6.45) is 1.55. The van der Waals surface area contributed by atoms with Crippen molar-refractivity contribution in [2.45, 2.75) is 50.7 Å². The first kappa shape index (κ1) is 21.1. The molecule has 3 aliphatic rings. The van der Waals surface area contributed by atoms with Crippen molar-refractivity contribution in [2.75, 3.05) is 26.2 Å². The van der Waals surface area contributed by atoms with E-state index >= 15 is 0 Å². The number of ketones is 1. The lowest BCUT2D eigenvalue weighted by Crippen LogP contribution is -2.49. The first-order valence-electron chi connectivity index (χ1n) is 10.5. The average Bonchev–Trinajstić information content (AvgIpc) is 2.85. The van der Waals surface area contributed by atoms with Crippen LogP contribution in [0.1, 0.15) is 49.4 Å². The summed E-state index contributed by atoms with van der Waals surface area (Å²) in [7, 11) is 0. The van der Waals surface area contributed by atoms with Crippen LogP contribution in [-0.4, -0.2) is 70.4 Å². The van der Waals surface area contributed by atoms with E-state index in [1.165, 1.54) is 0 Å². The molecule has 0 aliphatic carbocycles. The highest BCUT2D eigenvalue weighted by atomic mass is 35.5. The van der Waals surface area contributed by atoms with Gasteiger partial charge < -0.3 is 19.6 Å². The Bertz CT molecular complexity index is 875. The number of ether oxygens (including phenoxy) is 1. The van der Waals surface area contributed by atoms with Gasteiger partial charge in [0.05, 0.1) is 24.6 Å². The Hall–Kier alpha value is -2.12. The molecule has 162 valence electrons. The van der Waals surface area contributed by atoms with E-state index in [2.05, 4.69) is 0 Å². The minimum Gasteiger partial charge on any atom is -0.486 e. The summed E-state index contributed by atoms with van der Waals surface area (Å²) >= 11 is 6.00. The van der Waals surface area contributed by atoms with Crippen molar-refractivity contribution < 1.29 is 24.2 Å². The number of aliphatic hydroxyl groups excluding tert-OH is 1. The van der Waals surface area contributed by atoms with Gasteiger partial charge in [0.1, 0.15) is 11.4 Å². The number of carbonyl (C=O) groups excluding carboxylic acids is 3. The summed E-state index contributed by atoms with van der Waals surface area (Å²) in [6.45, 7) is 3.33. The molecule has 3 aliphatic heterocycles. The predicted molar refractivity (Wildman–Crippen MR) is 111 cm³/mol. The monoisotopic (exact) mass is 434 g/mol. The number of likely N-dealkylation sites (tertiary alicyclic amines) is 2. The smallest absolute Gasteiger partial charge is 0.242 e. The molecule has 0 bridgehead atoms. The summed E-state index contributed by atoms with van der Waals surface area (Å²) < 4.78 is 6.23. The molecule has 3 atom stereocenters. The Morgan fingerprint density at radius 1 is 1.30 bits per heavy atom. The van der Waals surface area contributed by atoms with Crippen molar-refractivity contribution in [2.24, 2.45) is 5.92 Å². The normalized spacial score (nSPS) is 29.4. The molecule has 8 heteroatoms. The van der Waals surface area contributed by atoms with E-state index in [-0.39, 0.29) is 49.0 Å². The number of hydrogen-bond acceptors (Lipinski definition) is 5. The van der Waals surface area contributed by atoms with E-state index in [4.69, 9.17) is 16.3 Å². The van der Waals surface area contributed by atoms with E-state index < -0.39 is 5.60 Å². The molecule has 4 rings (SSSR count). The highest BCUT2D eigenvalue weighted by Gasteiger charge is 2.43. The molecule has 0 saturated carbocycles. The van der Waals surface area contributed by atoms with Crippen LogP contribution in [0, 0.1) is 5.92 Å². The van der Waals surface area contributed by atoms with Gasteiger partial charge in [-0.1, -0.05) is 18.5 Å². The maximum absolute atomic E-state index is 12.7. The number of fused-ring (bicyclic) bond motifs is 1. The minimum atomic E-state index is -0.727. The molecular weight excluding hydrogens is 408 g/mol. The second-order valence-electron chi connectivity index (χ2n) is 8.76. The van der Waals surface area contributed by atoms with E-state index in [9.17, 15) is 19.5 Å². The number of hydrogen-bond donors (Lipinski definition) is 1. The van der Waals surface area contributed by atoms with Crippen LogP contribution in [0.3, 0.4) is 0 Å². The molecule has 7 nitrogen and oxygen atoms in total. The fourth-order valence-corrected chi connectivity index (χ4v) is 4.79. The Morgan fingerprint density at radius 2 is 2.10 bits per heavy atom. The van der Waals surface area contributed by atoms with Crippen LogP contribution < -0.4 is 4.74 Å². The van der Waals surface area contributed by atoms with Crippen molar-refractivity contribution in [3.05, 3.63) is 28.8 Å². The summed E-state index contributed by atoms with van der Waals surface area (Å²) in [4.78, 5) is 41.5. The van der Waals surface area contributed by atoms with Crippen molar-refractivity contribution in [3.63, 3.8) is 0 Å². The van der Waals surface area contributed by atoms with Crippen molar-refractivity contribution in [1.82, 2.24) is 9.80 Å². The quantitative estimate of drug-likeness (QED) is 0.771. The third kappa shape index (κ3) is 4.18. The first-order valence-corrected chi connectivity index (χ1v) is 10.9. The number of Topliss-reactive ketones (excluding diaryl/α,β-unsaturated/α-hetero) is 1. The maximum atomic E-state index is 12.7.